The molecule has 9 heteroatoms. The number of pyridine rings is 1. The Kier molecular flexibility index (Phi) is 4.98. The fourth-order valence-corrected chi connectivity index (χ4v) is 3.55. The van der Waals surface area contributed by atoms with Gasteiger partial charge >= 0.3 is 6.18 Å². The maximum atomic E-state index is 13.2. The van der Waals surface area contributed by atoms with Gasteiger partial charge in [0, 0.05) is 7.05 Å². The van der Waals surface area contributed by atoms with Crippen LogP contribution in [0.2, 0.25) is 0 Å². The molecule has 1 aromatic carbocycles. The van der Waals surface area contributed by atoms with Crippen molar-refractivity contribution in [1.29, 1.82) is 0 Å². The molecule has 1 N–H and O–H groups in total. The molecule has 5 nitrogen and oxygen atoms in total. The molecule has 0 aliphatic carbocycles. The van der Waals surface area contributed by atoms with E-state index >= 15 is 0 Å². The number of hydrogen-bond acceptors (Lipinski definition) is 4. The van der Waals surface area contributed by atoms with Gasteiger partial charge in [-0.3, -0.25) is 9.36 Å². The van der Waals surface area contributed by atoms with Gasteiger partial charge in [0.2, 0.25) is 0 Å². The molecule has 0 spiro atoms. The third-order valence-corrected chi connectivity index (χ3v) is 5.03. The summed E-state index contributed by atoms with van der Waals surface area (Å²) in [6.07, 6.45) is -3.10. The molecule has 2 heterocycles. The molecule has 0 saturated heterocycles. The minimum atomic E-state index is -4.41. The molecule has 3 aromatic rings. The van der Waals surface area contributed by atoms with Crippen LogP contribution in [0.15, 0.2) is 39.9 Å². The summed E-state index contributed by atoms with van der Waals surface area (Å²) in [6, 6.07) is 5.27. The van der Waals surface area contributed by atoms with Gasteiger partial charge in [-0.05, 0) is 53.0 Å². The Morgan fingerprint density at radius 1 is 1.26 bits per heavy atom. The Hall–Kier alpha value is -2.42. The van der Waals surface area contributed by atoms with Crippen molar-refractivity contribution in [3.63, 3.8) is 0 Å². The second-order valence-electron chi connectivity index (χ2n) is 6.20. The van der Waals surface area contributed by atoms with E-state index in [1.807, 2.05) is 0 Å². The van der Waals surface area contributed by atoms with Gasteiger partial charge in [0.25, 0.3) is 5.56 Å². The molecule has 0 bridgehead atoms. The number of nitrogens with one attached hydrogen (secondary N) is 1. The van der Waals surface area contributed by atoms with E-state index in [0.29, 0.717) is 26.9 Å². The van der Waals surface area contributed by atoms with Crippen molar-refractivity contribution in [2.45, 2.75) is 26.1 Å². The normalized spacial score (nSPS) is 13.0. The van der Waals surface area contributed by atoms with E-state index in [1.54, 1.807) is 26.1 Å². The Morgan fingerprint density at radius 3 is 2.63 bits per heavy atom. The lowest BCUT2D eigenvalue weighted by Crippen LogP contribution is -2.19. The van der Waals surface area contributed by atoms with Crippen LogP contribution in [0, 0.1) is 6.92 Å². The van der Waals surface area contributed by atoms with E-state index in [2.05, 4.69) is 31.2 Å². The molecule has 0 aliphatic rings. The number of alkyl halides is 3. The molecular formula is C18H16BrF3N4O. The van der Waals surface area contributed by atoms with E-state index in [9.17, 15) is 18.0 Å². The van der Waals surface area contributed by atoms with E-state index in [4.69, 9.17) is 0 Å². The molecule has 1 atom stereocenters. The molecule has 0 radical (unpaired) electrons. The van der Waals surface area contributed by atoms with Gasteiger partial charge in [-0.15, -0.1) is 0 Å². The van der Waals surface area contributed by atoms with Crippen LogP contribution in [0.1, 0.15) is 29.7 Å². The summed E-state index contributed by atoms with van der Waals surface area (Å²) in [4.78, 5) is 20.4. The van der Waals surface area contributed by atoms with E-state index < -0.39 is 17.8 Å². The number of nitrogens with zero attached hydrogens (tertiary/aromatic N) is 3. The number of rotatable bonds is 3. The van der Waals surface area contributed by atoms with Gasteiger partial charge in [0.15, 0.2) is 0 Å². The van der Waals surface area contributed by atoms with Crippen LogP contribution < -0.4 is 10.9 Å². The number of hydrogen-bond donors (Lipinski definition) is 1. The van der Waals surface area contributed by atoms with Crippen LogP contribution in [0.4, 0.5) is 19.0 Å². The van der Waals surface area contributed by atoms with Gasteiger partial charge in [-0.2, -0.15) is 13.2 Å². The number of fused-ring (bicyclic) bond motifs is 1. The number of benzene rings is 1. The molecule has 3 rings (SSSR count). The highest BCUT2D eigenvalue weighted by atomic mass is 79.9. The third kappa shape index (κ3) is 3.55. The molecule has 2 aromatic heterocycles. The van der Waals surface area contributed by atoms with Crippen LogP contribution in [0.3, 0.4) is 0 Å². The summed E-state index contributed by atoms with van der Waals surface area (Å²) in [5.74, 6) is 0.431. The zero-order valence-electron chi connectivity index (χ0n) is 14.7. The Bertz CT molecular complexity index is 1080. The lowest BCUT2D eigenvalue weighted by Gasteiger charge is -2.21. The molecule has 0 saturated carbocycles. The van der Waals surface area contributed by atoms with Crippen LogP contribution in [0.25, 0.3) is 11.0 Å². The number of aromatic nitrogens is 3. The third-order valence-electron chi connectivity index (χ3n) is 4.46. The van der Waals surface area contributed by atoms with Crippen molar-refractivity contribution in [2.75, 3.05) is 5.32 Å². The van der Waals surface area contributed by atoms with Crippen molar-refractivity contribution in [2.24, 2.45) is 7.05 Å². The highest BCUT2D eigenvalue weighted by Gasteiger charge is 2.33. The fourth-order valence-electron chi connectivity index (χ4n) is 3.06. The first-order valence-corrected chi connectivity index (χ1v) is 8.84. The largest absolute Gasteiger partial charge is 0.416 e. The lowest BCUT2D eigenvalue weighted by atomic mass is 9.97. The second kappa shape index (κ2) is 6.95. The number of anilines is 1. The van der Waals surface area contributed by atoms with Crippen molar-refractivity contribution in [1.82, 2.24) is 14.5 Å². The SMILES string of the molecule is Cc1c([C@@H](C)Nc2ncnc3c2cc(Br)c(=O)n3C)cccc1C(F)(F)F. The first-order chi connectivity index (χ1) is 12.6. The highest BCUT2D eigenvalue weighted by molar-refractivity contribution is 9.10. The van der Waals surface area contributed by atoms with E-state index in [1.165, 1.54) is 23.9 Å². The highest BCUT2D eigenvalue weighted by Crippen LogP contribution is 2.35. The zero-order chi connectivity index (χ0) is 19.9. The maximum Gasteiger partial charge on any atom is 0.416 e. The predicted octanol–water partition coefficient (Wildman–Crippen LogP) is 4.59. The van der Waals surface area contributed by atoms with Gasteiger partial charge in [-0.1, -0.05) is 12.1 Å². The molecule has 0 unspecified atom stereocenters. The lowest BCUT2D eigenvalue weighted by molar-refractivity contribution is -0.138. The number of halogens is 4. The summed E-state index contributed by atoms with van der Waals surface area (Å²) in [6.45, 7) is 3.21. The van der Waals surface area contributed by atoms with Crippen molar-refractivity contribution < 1.29 is 13.2 Å². The Labute approximate surface area is 161 Å². The monoisotopic (exact) mass is 440 g/mol. The van der Waals surface area contributed by atoms with Gasteiger partial charge in [0.05, 0.1) is 21.5 Å². The molecule has 0 amide bonds. The second-order valence-corrected chi connectivity index (χ2v) is 7.05. The Balaban J connectivity index is 2.05. The van der Waals surface area contributed by atoms with Gasteiger partial charge in [-0.25, -0.2) is 9.97 Å². The smallest absolute Gasteiger partial charge is 0.363 e. The molecule has 142 valence electrons. The molecule has 27 heavy (non-hydrogen) atoms. The fraction of sp³-hybridized carbons (Fsp3) is 0.278. The summed E-state index contributed by atoms with van der Waals surface area (Å²) >= 11 is 3.21. The minimum Gasteiger partial charge on any atom is -0.363 e. The quantitative estimate of drug-likeness (QED) is 0.646. The average Bonchev–Trinajstić information content (AvgIpc) is 2.59. The summed E-state index contributed by atoms with van der Waals surface area (Å²) < 4.78 is 41.3. The standard InChI is InChI=1S/C18H16BrF3N4O/c1-9-11(5-4-6-13(9)18(20,21)22)10(2)25-15-12-7-14(19)17(27)26(3)16(12)24-8-23-15/h4-8,10H,1-3H3,(H,23,24,25)/t10-/m1/s1. The van der Waals surface area contributed by atoms with Crippen molar-refractivity contribution in [3.8, 4) is 0 Å². The molecule has 0 aliphatic heterocycles. The average molecular weight is 441 g/mol. The zero-order valence-corrected chi connectivity index (χ0v) is 16.3. The van der Waals surface area contributed by atoms with Gasteiger partial charge in [0.1, 0.15) is 17.8 Å². The first kappa shape index (κ1) is 19.3. The Morgan fingerprint density at radius 2 is 1.96 bits per heavy atom. The van der Waals surface area contributed by atoms with Crippen LogP contribution in [0.5, 0.6) is 0 Å². The first-order valence-electron chi connectivity index (χ1n) is 8.04. The van der Waals surface area contributed by atoms with E-state index in [0.717, 1.165) is 6.07 Å². The van der Waals surface area contributed by atoms with E-state index in [-0.39, 0.29) is 11.1 Å². The maximum absolute atomic E-state index is 13.2. The van der Waals surface area contributed by atoms with Crippen molar-refractivity contribution in [3.05, 3.63) is 62.1 Å². The van der Waals surface area contributed by atoms with Gasteiger partial charge < -0.3 is 5.32 Å². The predicted molar refractivity (Wildman–Crippen MR) is 101 cm³/mol. The van der Waals surface area contributed by atoms with Crippen molar-refractivity contribution >= 4 is 32.8 Å². The summed E-state index contributed by atoms with van der Waals surface area (Å²) in [5, 5.41) is 3.73. The van der Waals surface area contributed by atoms with Crippen LogP contribution >= 0.6 is 15.9 Å². The van der Waals surface area contributed by atoms with Crippen LogP contribution in [-0.2, 0) is 13.2 Å². The topological polar surface area (TPSA) is 59.8 Å². The minimum absolute atomic E-state index is 0.164. The summed E-state index contributed by atoms with van der Waals surface area (Å²) in [5.41, 5.74) is 0.200. The molecular weight excluding hydrogens is 425 g/mol. The molecule has 0 fully saturated rings. The van der Waals surface area contributed by atoms with Crippen LogP contribution in [-0.4, -0.2) is 14.5 Å². The number of aryl methyl sites for hydroxylation is 1. The summed E-state index contributed by atoms with van der Waals surface area (Å²) in [7, 11) is 1.59.